The molecule has 2 N–H and O–H groups in total. The number of hydrazine groups is 1. The normalized spacial score (nSPS) is 15.3. The number of benzene rings is 2. The standard InChI is InChI=1S/C20H18N2O4/c1-12-7-9-14(10-8-12)18(24)15(17-19(25)21-22-20(17)26)11-16(23)13-5-3-2-4-6-13/h2-10,15,17H,11H2,1H3,(H,21,25)(H,22,26). The first kappa shape index (κ1) is 17.5. The Morgan fingerprint density at radius 1 is 0.885 bits per heavy atom. The summed E-state index contributed by atoms with van der Waals surface area (Å²) in [6.07, 6.45) is -0.220. The second-order valence-corrected chi connectivity index (χ2v) is 6.29. The molecule has 1 saturated heterocycles. The predicted octanol–water partition coefficient (Wildman–Crippen LogP) is 1.84. The Morgan fingerprint density at radius 3 is 2.04 bits per heavy atom. The van der Waals surface area contributed by atoms with Crippen molar-refractivity contribution in [1.29, 1.82) is 0 Å². The van der Waals surface area contributed by atoms with Crippen LogP contribution in [0.2, 0.25) is 0 Å². The third-order valence-electron chi connectivity index (χ3n) is 4.45. The lowest BCUT2D eigenvalue weighted by molar-refractivity contribution is -0.129. The summed E-state index contributed by atoms with van der Waals surface area (Å²) in [5.41, 5.74) is 6.24. The molecule has 2 aromatic rings. The fourth-order valence-electron chi connectivity index (χ4n) is 3.00. The lowest BCUT2D eigenvalue weighted by Gasteiger charge is -2.18. The van der Waals surface area contributed by atoms with E-state index in [2.05, 4.69) is 10.9 Å². The Kier molecular flexibility index (Phi) is 4.93. The van der Waals surface area contributed by atoms with E-state index in [1.165, 1.54) is 0 Å². The SMILES string of the molecule is Cc1ccc(C(=O)C(CC(=O)c2ccccc2)C2C(=O)NNC2=O)cc1. The summed E-state index contributed by atoms with van der Waals surface area (Å²) in [6, 6.07) is 15.3. The molecular formula is C20H18N2O4. The fraction of sp³-hybridized carbons (Fsp3) is 0.200. The van der Waals surface area contributed by atoms with Crippen molar-refractivity contribution >= 4 is 23.4 Å². The van der Waals surface area contributed by atoms with Gasteiger partial charge in [0.05, 0.1) is 5.92 Å². The van der Waals surface area contributed by atoms with Gasteiger partial charge >= 0.3 is 0 Å². The van der Waals surface area contributed by atoms with Gasteiger partial charge in [0.1, 0.15) is 5.92 Å². The van der Waals surface area contributed by atoms with Crippen molar-refractivity contribution in [3.63, 3.8) is 0 Å². The highest BCUT2D eigenvalue weighted by molar-refractivity contribution is 6.13. The highest BCUT2D eigenvalue weighted by Gasteiger charge is 2.44. The van der Waals surface area contributed by atoms with Crippen molar-refractivity contribution in [3.05, 3.63) is 71.3 Å². The van der Waals surface area contributed by atoms with E-state index in [0.29, 0.717) is 11.1 Å². The van der Waals surface area contributed by atoms with Crippen molar-refractivity contribution in [2.75, 3.05) is 0 Å². The number of ketones is 2. The molecule has 0 aromatic heterocycles. The van der Waals surface area contributed by atoms with Gasteiger partial charge in [0.15, 0.2) is 11.6 Å². The first-order valence-corrected chi connectivity index (χ1v) is 8.26. The molecule has 1 heterocycles. The van der Waals surface area contributed by atoms with E-state index in [-0.39, 0.29) is 12.2 Å². The minimum absolute atomic E-state index is 0.220. The Morgan fingerprint density at radius 2 is 1.46 bits per heavy atom. The molecule has 6 nitrogen and oxygen atoms in total. The monoisotopic (exact) mass is 350 g/mol. The first-order valence-electron chi connectivity index (χ1n) is 8.26. The number of nitrogens with one attached hydrogen (secondary N) is 2. The summed E-state index contributed by atoms with van der Waals surface area (Å²) in [5, 5.41) is 0. The molecule has 0 aliphatic carbocycles. The Bertz CT molecular complexity index is 843. The van der Waals surface area contributed by atoms with E-state index >= 15 is 0 Å². The van der Waals surface area contributed by atoms with Gasteiger partial charge in [0.25, 0.3) is 11.8 Å². The fourth-order valence-corrected chi connectivity index (χ4v) is 3.00. The van der Waals surface area contributed by atoms with Crippen molar-refractivity contribution in [3.8, 4) is 0 Å². The minimum atomic E-state index is -1.23. The minimum Gasteiger partial charge on any atom is -0.294 e. The molecule has 26 heavy (non-hydrogen) atoms. The van der Waals surface area contributed by atoms with Crippen LogP contribution < -0.4 is 10.9 Å². The van der Waals surface area contributed by atoms with Crippen LogP contribution in [-0.4, -0.2) is 23.4 Å². The molecule has 2 aromatic carbocycles. The number of carbonyl (C=O) groups is 4. The number of hydrogen-bond acceptors (Lipinski definition) is 4. The zero-order valence-electron chi connectivity index (χ0n) is 14.2. The topological polar surface area (TPSA) is 92.3 Å². The van der Waals surface area contributed by atoms with Crippen molar-refractivity contribution in [2.24, 2.45) is 11.8 Å². The van der Waals surface area contributed by atoms with Crippen LogP contribution in [0.4, 0.5) is 0 Å². The maximum absolute atomic E-state index is 13.0. The van der Waals surface area contributed by atoms with Gasteiger partial charge in [0.2, 0.25) is 0 Å². The van der Waals surface area contributed by atoms with Crippen LogP contribution in [0.25, 0.3) is 0 Å². The van der Waals surface area contributed by atoms with Gasteiger partial charge < -0.3 is 0 Å². The third-order valence-corrected chi connectivity index (χ3v) is 4.45. The summed E-state index contributed by atoms with van der Waals surface area (Å²) in [4.78, 5) is 49.7. The van der Waals surface area contributed by atoms with E-state index in [4.69, 9.17) is 0 Å². The number of hydrogen-bond donors (Lipinski definition) is 2. The average molecular weight is 350 g/mol. The van der Waals surface area contributed by atoms with Crippen LogP contribution in [0, 0.1) is 18.8 Å². The van der Waals surface area contributed by atoms with Gasteiger partial charge in [0, 0.05) is 17.5 Å². The number of amides is 2. The number of aryl methyl sites for hydroxylation is 1. The molecule has 0 radical (unpaired) electrons. The molecule has 0 spiro atoms. The van der Waals surface area contributed by atoms with E-state index in [1.54, 1.807) is 54.6 Å². The van der Waals surface area contributed by atoms with Gasteiger partial charge in [-0.1, -0.05) is 60.2 Å². The predicted molar refractivity (Wildman–Crippen MR) is 94.2 cm³/mol. The summed E-state index contributed by atoms with van der Waals surface area (Å²) in [7, 11) is 0. The molecular weight excluding hydrogens is 332 g/mol. The zero-order chi connectivity index (χ0) is 18.7. The van der Waals surface area contributed by atoms with Gasteiger partial charge in [-0.05, 0) is 6.92 Å². The lowest BCUT2D eigenvalue weighted by atomic mass is 9.80. The number of rotatable bonds is 6. The molecule has 0 bridgehead atoms. The smallest absolute Gasteiger partial charge is 0.251 e. The van der Waals surface area contributed by atoms with E-state index in [9.17, 15) is 19.2 Å². The van der Waals surface area contributed by atoms with Gasteiger partial charge in [-0.25, -0.2) is 0 Å². The van der Waals surface area contributed by atoms with Crippen LogP contribution in [-0.2, 0) is 9.59 Å². The molecule has 3 rings (SSSR count). The number of Topliss-reactive ketones (excluding diaryl/α,β-unsaturated/α-hetero) is 2. The van der Waals surface area contributed by atoms with Crippen LogP contribution in [0.15, 0.2) is 54.6 Å². The third kappa shape index (κ3) is 3.54. The molecule has 1 atom stereocenters. The van der Waals surface area contributed by atoms with E-state index < -0.39 is 29.4 Å². The summed E-state index contributed by atoms with van der Waals surface area (Å²) < 4.78 is 0. The van der Waals surface area contributed by atoms with Gasteiger partial charge in [-0.2, -0.15) is 0 Å². The summed E-state index contributed by atoms with van der Waals surface area (Å²) in [6.45, 7) is 1.89. The summed E-state index contributed by atoms with van der Waals surface area (Å²) >= 11 is 0. The van der Waals surface area contributed by atoms with Crippen LogP contribution >= 0.6 is 0 Å². The zero-order valence-corrected chi connectivity index (χ0v) is 14.2. The highest BCUT2D eigenvalue weighted by atomic mass is 16.2. The van der Waals surface area contributed by atoms with Crippen LogP contribution in [0.5, 0.6) is 0 Å². The van der Waals surface area contributed by atoms with Gasteiger partial charge in [-0.15, -0.1) is 0 Å². The van der Waals surface area contributed by atoms with Crippen molar-refractivity contribution < 1.29 is 19.2 Å². The second-order valence-electron chi connectivity index (χ2n) is 6.29. The molecule has 1 unspecified atom stereocenters. The molecule has 0 saturated carbocycles. The number of carbonyl (C=O) groups excluding carboxylic acids is 4. The second kappa shape index (κ2) is 7.31. The highest BCUT2D eigenvalue weighted by Crippen LogP contribution is 2.26. The van der Waals surface area contributed by atoms with E-state index in [0.717, 1.165) is 5.56 Å². The van der Waals surface area contributed by atoms with E-state index in [1.807, 2.05) is 6.92 Å². The summed E-state index contributed by atoms with van der Waals surface area (Å²) in [5.74, 6) is -4.16. The van der Waals surface area contributed by atoms with Crippen LogP contribution in [0.3, 0.4) is 0 Å². The molecule has 1 fully saturated rings. The Balaban J connectivity index is 1.92. The Hall–Kier alpha value is -3.28. The molecule has 2 amide bonds. The van der Waals surface area contributed by atoms with Crippen LogP contribution in [0.1, 0.15) is 32.7 Å². The average Bonchev–Trinajstić information content (AvgIpc) is 2.99. The molecule has 6 heteroatoms. The van der Waals surface area contributed by atoms with Crippen molar-refractivity contribution in [1.82, 2.24) is 10.9 Å². The molecule has 1 aliphatic heterocycles. The van der Waals surface area contributed by atoms with Crippen molar-refractivity contribution in [2.45, 2.75) is 13.3 Å². The molecule has 1 aliphatic rings. The largest absolute Gasteiger partial charge is 0.294 e. The Labute approximate surface area is 150 Å². The molecule has 132 valence electrons. The lowest BCUT2D eigenvalue weighted by Crippen LogP contribution is -2.35. The maximum atomic E-state index is 13.0. The maximum Gasteiger partial charge on any atom is 0.251 e. The first-order chi connectivity index (χ1) is 12.5. The van der Waals surface area contributed by atoms with Gasteiger partial charge in [-0.3, -0.25) is 30.0 Å². The quantitative estimate of drug-likeness (QED) is 0.614.